The van der Waals surface area contributed by atoms with Gasteiger partial charge in [0, 0.05) is 12.8 Å². The lowest BCUT2D eigenvalue weighted by molar-refractivity contribution is -0.332. The van der Waals surface area contributed by atoms with Crippen LogP contribution in [-0.2, 0) is 38.0 Å². The summed E-state index contributed by atoms with van der Waals surface area (Å²) in [6, 6.07) is 0. The van der Waals surface area contributed by atoms with Crippen molar-refractivity contribution in [1.82, 2.24) is 0 Å². The van der Waals surface area contributed by atoms with Crippen LogP contribution in [0.5, 0.6) is 0 Å². The summed E-state index contributed by atoms with van der Waals surface area (Å²) >= 11 is 0. The second-order valence-electron chi connectivity index (χ2n) is 18.0. The number of aliphatic hydroxyl groups is 7. The maximum absolute atomic E-state index is 13.0. The zero-order valence-electron chi connectivity index (χ0n) is 40.0. The van der Waals surface area contributed by atoms with Gasteiger partial charge in [0.15, 0.2) is 18.7 Å². The predicted molar refractivity (Wildman–Crippen MR) is 247 cm³/mol. The highest BCUT2D eigenvalue weighted by atomic mass is 16.7. The van der Waals surface area contributed by atoms with Gasteiger partial charge in [0.25, 0.3) is 0 Å². The number of carbonyl (C=O) groups excluding carboxylic acids is 2. The van der Waals surface area contributed by atoms with Crippen LogP contribution in [-0.4, -0.2) is 142 Å². The summed E-state index contributed by atoms with van der Waals surface area (Å²) in [4.78, 5) is 25.7. The summed E-state index contributed by atoms with van der Waals surface area (Å²) in [6.45, 7) is 2.55. The van der Waals surface area contributed by atoms with Gasteiger partial charge in [-0.25, -0.2) is 0 Å². The Morgan fingerprint density at radius 3 is 1.38 bits per heavy atom. The van der Waals surface area contributed by atoms with Crippen LogP contribution >= 0.6 is 0 Å². The van der Waals surface area contributed by atoms with Crippen molar-refractivity contribution in [1.29, 1.82) is 0 Å². The van der Waals surface area contributed by atoms with Crippen molar-refractivity contribution in [2.75, 3.05) is 26.4 Å². The van der Waals surface area contributed by atoms with E-state index in [4.69, 9.17) is 28.4 Å². The van der Waals surface area contributed by atoms with Crippen molar-refractivity contribution < 1.29 is 73.8 Å². The number of hydrogen-bond donors (Lipinski definition) is 7. The number of rotatable bonds is 39. The molecule has 2 rings (SSSR count). The van der Waals surface area contributed by atoms with Crippen molar-refractivity contribution in [2.45, 2.75) is 255 Å². The van der Waals surface area contributed by atoms with Gasteiger partial charge in [0.1, 0.15) is 55.4 Å². The molecule has 0 spiro atoms. The zero-order valence-corrected chi connectivity index (χ0v) is 40.0. The first kappa shape index (κ1) is 59.1. The number of unbranched alkanes of at least 4 members (excludes halogenated alkanes) is 21. The number of esters is 2. The Labute approximate surface area is 390 Å². The monoisotopic (exact) mass is 931 g/mol. The number of aliphatic hydroxyl groups excluding tert-OH is 7. The molecule has 0 radical (unpaired) electrons. The molecule has 0 aromatic heterocycles. The number of allylic oxidation sites excluding steroid dienone is 4. The molecule has 2 saturated heterocycles. The fourth-order valence-corrected chi connectivity index (χ4v) is 7.91. The number of carbonyl (C=O) groups is 2. The predicted octanol–water partition coefficient (Wildman–Crippen LogP) is 6.77. The Kier molecular flexibility index (Phi) is 34.5. The van der Waals surface area contributed by atoms with Crippen LogP contribution in [0.15, 0.2) is 24.3 Å². The SMILES string of the molecule is CCCCC/C=C/CCCCCCCC(=O)OC[C@H](CO[C@H]1O[C@@H](CO[C@H]2O[C@@H](CO)[C@@H](O)C(O)C2O)[C@@H](O)C(O)C1O)OC(=O)CCCCCCCCCCC/C=C/CCCCCC. The molecule has 0 aromatic rings. The van der Waals surface area contributed by atoms with Gasteiger partial charge in [-0.05, 0) is 64.2 Å². The molecule has 2 aliphatic rings. The smallest absolute Gasteiger partial charge is 0.306 e. The van der Waals surface area contributed by atoms with Crippen molar-refractivity contribution in [3.05, 3.63) is 24.3 Å². The second-order valence-corrected chi connectivity index (χ2v) is 18.0. The summed E-state index contributed by atoms with van der Waals surface area (Å²) in [5.74, 6) is -0.934. The molecule has 11 atom stereocenters. The second kappa shape index (κ2) is 37.9. The van der Waals surface area contributed by atoms with E-state index in [0.717, 1.165) is 64.2 Å². The van der Waals surface area contributed by atoms with E-state index in [1.807, 2.05) is 0 Å². The topological polar surface area (TPSA) is 231 Å². The third-order valence-electron chi connectivity index (χ3n) is 12.2. The lowest BCUT2D eigenvalue weighted by Crippen LogP contribution is -2.61. The molecule has 2 fully saturated rings. The minimum absolute atomic E-state index is 0.163. The summed E-state index contributed by atoms with van der Waals surface area (Å²) in [5.41, 5.74) is 0. The lowest BCUT2D eigenvalue weighted by atomic mass is 9.98. The van der Waals surface area contributed by atoms with Crippen molar-refractivity contribution in [3.63, 3.8) is 0 Å². The van der Waals surface area contributed by atoms with Crippen LogP contribution in [0.1, 0.15) is 187 Å². The Morgan fingerprint density at radius 1 is 0.477 bits per heavy atom. The fraction of sp³-hybridized carbons (Fsp3) is 0.880. The van der Waals surface area contributed by atoms with Crippen LogP contribution in [0.2, 0.25) is 0 Å². The minimum Gasteiger partial charge on any atom is -0.462 e. The lowest BCUT2D eigenvalue weighted by Gasteiger charge is -2.42. The standard InChI is InChI=1S/C50H90O15/c1-3-5-7-9-11-13-15-17-18-19-20-21-23-25-27-29-31-33-42(53)63-38(35-60-41(52)32-30-28-26-24-22-16-14-12-10-8-6-4-2)36-61-49-48(59)46(57)44(55)40(65-49)37-62-50-47(58)45(56)43(54)39(34-51)64-50/h12-15,38-40,43-51,54-59H,3-11,16-37H2,1-2H3/b14-12+,15-13+/t38-,39+,40+,43-,44-,45?,46?,47?,48?,49+,50+/m1/s1. The highest BCUT2D eigenvalue weighted by Crippen LogP contribution is 2.26. The summed E-state index contributed by atoms with van der Waals surface area (Å²) in [6.07, 6.45) is 20.6. The summed E-state index contributed by atoms with van der Waals surface area (Å²) in [5, 5.41) is 72.0. The Hall–Kier alpha value is -2.02. The average molecular weight is 931 g/mol. The molecule has 0 aromatic carbocycles. The van der Waals surface area contributed by atoms with E-state index < -0.39 is 92.7 Å². The number of hydrogen-bond acceptors (Lipinski definition) is 15. The fourth-order valence-electron chi connectivity index (χ4n) is 7.91. The average Bonchev–Trinajstić information content (AvgIpc) is 3.30. The molecule has 0 aliphatic carbocycles. The largest absolute Gasteiger partial charge is 0.462 e. The molecule has 2 heterocycles. The maximum atomic E-state index is 13.0. The van der Waals surface area contributed by atoms with Crippen LogP contribution in [0.3, 0.4) is 0 Å². The van der Waals surface area contributed by atoms with Crippen molar-refractivity contribution in [2.24, 2.45) is 0 Å². The van der Waals surface area contributed by atoms with Crippen LogP contribution in [0.25, 0.3) is 0 Å². The molecule has 15 nitrogen and oxygen atoms in total. The van der Waals surface area contributed by atoms with Crippen LogP contribution in [0, 0.1) is 0 Å². The molecule has 0 amide bonds. The van der Waals surface area contributed by atoms with E-state index in [-0.39, 0.29) is 26.1 Å². The minimum atomic E-state index is -1.76. The van der Waals surface area contributed by atoms with Gasteiger partial charge >= 0.3 is 11.9 Å². The van der Waals surface area contributed by atoms with E-state index in [0.29, 0.717) is 12.8 Å². The van der Waals surface area contributed by atoms with E-state index in [2.05, 4.69) is 38.2 Å². The molecule has 7 N–H and O–H groups in total. The summed E-state index contributed by atoms with van der Waals surface area (Å²) < 4.78 is 33.5. The first-order chi connectivity index (χ1) is 31.5. The molecule has 0 bridgehead atoms. The zero-order chi connectivity index (χ0) is 47.5. The molecule has 380 valence electrons. The number of ether oxygens (including phenoxy) is 6. The Bertz CT molecular complexity index is 1230. The summed E-state index contributed by atoms with van der Waals surface area (Å²) in [7, 11) is 0. The third kappa shape index (κ3) is 26.4. The molecule has 65 heavy (non-hydrogen) atoms. The Balaban J connectivity index is 1.81. The molecular formula is C50H90O15. The van der Waals surface area contributed by atoms with Gasteiger partial charge < -0.3 is 64.2 Å². The molecular weight excluding hydrogens is 841 g/mol. The molecule has 2 aliphatic heterocycles. The Morgan fingerprint density at radius 2 is 0.877 bits per heavy atom. The van der Waals surface area contributed by atoms with Crippen molar-refractivity contribution >= 4 is 11.9 Å². The van der Waals surface area contributed by atoms with E-state index >= 15 is 0 Å². The molecule has 15 heteroatoms. The van der Waals surface area contributed by atoms with Gasteiger partial charge in [-0.1, -0.05) is 134 Å². The third-order valence-corrected chi connectivity index (χ3v) is 12.2. The van der Waals surface area contributed by atoms with Crippen LogP contribution in [0.4, 0.5) is 0 Å². The molecule has 0 saturated carbocycles. The van der Waals surface area contributed by atoms with Crippen molar-refractivity contribution in [3.8, 4) is 0 Å². The normalized spacial score (nSPS) is 26.5. The van der Waals surface area contributed by atoms with Gasteiger partial charge in [0.05, 0.1) is 19.8 Å². The highest BCUT2D eigenvalue weighted by Gasteiger charge is 2.47. The van der Waals surface area contributed by atoms with Gasteiger partial charge in [-0.2, -0.15) is 0 Å². The van der Waals surface area contributed by atoms with E-state index in [1.54, 1.807) is 0 Å². The van der Waals surface area contributed by atoms with Gasteiger partial charge in [0.2, 0.25) is 0 Å². The maximum Gasteiger partial charge on any atom is 0.306 e. The van der Waals surface area contributed by atoms with E-state index in [1.165, 1.54) is 83.5 Å². The first-order valence-electron chi connectivity index (χ1n) is 25.4. The highest BCUT2D eigenvalue weighted by molar-refractivity contribution is 5.70. The van der Waals surface area contributed by atoms with Crippen LogP contribution < -0.4 is 0 Å². The van der Waals surface area contributed by atoms with Gasteiger partial charge in [-0.15, -0.1) is 0 Å². The quantitative estimate of drug-likeness (QED) is 0.0192. The van der Waals surface area contributed by atoms with Gasteiger partial charge in [-0.3, -0.25) is 9.59 Å². The van der Waals surface area contributed by atoms with E-state index in [9.17, 15) is 45.3 Å². The first-order valence-corrected chi connectivity index (χ1v) is 25.4. The molecule has 4 unspecified atom stereocenters.